The molecule has 2 aromatic heterocycles. The molecular formula is C23H23ClN4O4S. The zero-order chi connectivity index (χ0) is 23.0. The van der Waals surface area contributed by atoms with Gasteiger partial charge in [0.1, 0.15) is 5.15 Å². The van der Waals surface area contributed by atoms with Crippen molar-refractivity contribution in [3.63, 3.8) is 0 Å². The molecule has 2 aliphatic carbocycles. The van der Waals surface area contributed by atoms with Crippen molar-refractivity contribution < 1.29 is 17.9 Å². The number of nitrogens with zero attached hydrogens (tertiary/aromatic N) is 3. The van der Waals surface area contributed by atoms with Crippen molar-refractivity contribution in [3.8, 4) is 11.7 Å². The highest BCUT2D eigenvalue weighted by Crippen LogP contribution is 2.48. The van der Waals surface area contributed by atoms with Gasteiger partial charge in [-0.3, -0.25) is 4.79 Å². The minimum atomic E-state index is -4.02. The molecule has 8 nitrogen and oxygen atoms in total. The van der Waals surface area contributed by atoms with Crippen LogP contribution in [0.4, 0.5) is 0 Å². The molecular weight excluding hydrogens is 464 g/mol. The van der Waals surface area contributed by atoms with Crippen LogP contribution in [0.2, 0.25) is 5.15 Å². The lowest BCUT2D eigenvalue weighted by molar-refractivity contribution is 0.0981. The van der Waals surface area contributed by atoms with Crippen LogP contribution in [0.3, 0.4) is 0 Å². The van der Waals surface area contributed by atoms with Crippen molar-refractivity contribution >= 4 is 27.5 Å². The van der Waals surface area contributed by atoms with E-state index in [0.29, 0.717) is 24.2 Å². The van der Waals surface area contributed by atoms with Crippen LogP contribution in [0.1, 0.15) is 36.0 Å². The lowest BCUT2D eigenvalue weighted by Gasteiger charge is -2.20. The summed E-state index contributed by atoms with van der Waals surface area (Å²) in [5.41, 5.74) is -0.0557. The summed E-state index contributed by atoms with van der Waals surface area (Å²) in [7, 11) is -4.02. The fraction of sp³-hybridized carbons (Fsp3) is 0.348. The number of carbonyl (C=O) groups is 1. The topological polar surface area (TPSA) is 103 Å². The van der Waals surface area contributed by atoms with Gasteiger partial charge in [-0.1, -0.05) is 36.2 Å². The molecule has 1 amide bonds. The predicted molar refractivity (Wildman–Crippen MR) is 122 cm³/mol. The second kappa shape index (κ2) is 8.79. The van der Waals surface area contributed by atoms with Crippen molar-refractivity contribution in [1.82, 2.24) is 19.5 Å². The minimum absolute atomic E-state index is 0.0199. The molecule has 172 valence electrons. The first-order valence-electron chi connectivity index (χ1n) is 10.9. The third-order valence-electron chi connectivity index (χ3n) is 6.49. The first-order chi connectivity index (χ1) is 15.9. The number of nitrogens with one attached hydrogen (secondary N) is 1. The number of fused-ring (bicyclic) bond motifs is 2. The number of ether oxygens (including phenoxy) is 1. The standard InChI is InChI=1S/C23H23ClN4O4S/c24-22-19(23(29)27-33(30,31)18-4-2-1-3-5-18)8-9-20(25-22)28-11-10-21(26-28)32-14-17-13-15-6-7-16(17)12-15/h1-5,8-11,15-17H,6-7,12-14H2,(H,27,29). The van der Waals surface area contributed by atoms with Gasteiger partial charge in [-0.2, -0.15) is 0 Å². The maximum absolute atomic E-state index is 12.5. The largest absolute Gasteiger partial charge is 0.476 e. The number of amides is 1. The molecule has 2 fully saturated rings. The van der Waals surface area contributed by atoms with Gasteiger partial charge in [0, 0.05) is 12.3 Å². The van der Waals surface area contributed by atoms with Gasteiger partial charge in [-0.15, -0.1) is 5.10 Å². The number of benzene rings is 1. The van der Waals surface area contributed by atoms with Gasteiger partial charge in [0.25, 0.3) is 15.9 Å². The number of aromatic nitrogens is 3. The van der Waals surface area contributed by atoms with Crippen LogP contribution in [0.5, 0.6) is 5.88 Å². The van der Waals surface area contributed by atoms with E-state index >= 15 is 0 Å². The van der Waals surface area contributed by atoms with E-state index in [4.69, 9.17) is 16.3 Å². The van der Waals surface area contributed by atoms with Crippen LogP contribution >= 0.6 is 11.6 Å². The van der Waals surface area contributed by atoms with E-state index in [2.05, 4.69) is 10.1 Å². The van der Waals surface area contributed by atoms with Crippen LogP contribution < -0.4 is 9.46 Å². The Labute approximate surface area is 197 Å². The van der Waals surface area contributed by atoms with Crippen molar-refractivity contribution in [2.75, 3.05) is 6.61 Å². The summed E-state index contributed by atoms with van der Waals surface area (Å²) in [4.78, 5) is 16.7. The lowest BCUT2D eigenvalue weighted by Crippen LogP contribution is -2.31. The highest BCUT2D eigenvalue weighted by Gasteiger charge is 2.39. The average Bonchev–Trinajstić information content (AvgIpc) is 3.55. The van der Waals surface area contributed by atoms with Gasteiger partial charge in [0.2, 0.25) is 5.88 Å². The van der Waals surface area contributed by atoms with Gasteiger partial charge >= 0.3 is 0 Å². The van der Waals surface area contributed by atoms with E-state index in [-0.39, 0.29) is 15.6 Å². The van der Waals surface area contributed by atoms with E-state index in [9.17, 15) is 13.2 Å². The first-order valence-corrected chi connectivity index (χ1v) is 12.7. The van der Waals surface area contributed by atoms with Gasteiger partial charge in [-0.05, 0) is 61.3 Å². The molecule has 0 radical (unpaired) electrons. The molecule has 33 heavy (non-hydrogen) atoms. The second-order valence-corrected chi connectivity index (χ2v) is 10.6. The fourth-order valence-corrected chi connectivity index (χ4v) is 6.06. The summed E-state index contributed by atoms with van der Waals surface area (Å²) in [6.45, 7) is 0.668. The Kier molecular flexibility index (Phi) is 5.84. The summed E-state index contributed by atoms with van der Waals surface area (Å²) in [6.07, 6.45) is 6.94. The van der Waals surface area contributed by atoms with E-state index in [1.165, 1.54) is 48.6 Å². The maximum Gasteiger partial charge on any atom is 0.268 e. The summed E-state index contributed by atoms with van der Waals surface area (Å²) in [5, 5.41) is 4.26. The van der Waals surface area contributed by atoms with E-state index in [1.54, 1.807) is 36.5 Å². The number of pyridine rings is 1. The molecule has 1 N–H and O–H groups in total. The molecule has 2 saturated carbocycles. The van der Waals surface area contributed by atoms with Crippen molar-refractivity contribution in [1.29, 1.82) is 0 Å². The fourth-order valence-electron chi connectivity index (χ4n) is 4.84. The molecule has 0 aliphatic heterocycles. The molecule has 2 aliphatic rings. The van der Waals surface area contributed by atoms with E-state index in [1.807, 2.05) is 4.72 Å². The number of carbonyl (C=O) groups excluding carboxylic acids is 1. The highest BCUT2D eigenvalue weighted by atomic mass is 35.5. The lowest BCUT2D eigenvalue weighted by atomic mass is 9.90. The summed E-state index contributed by atoms with van der Waals surface area (Å²) >= 11 is 6.20. The van der Waals surface area contributed by atoms with Crippen LogP contribution in [-0.2, 0) is 10.0 Å². The zero-order valence-electron chi connectivity index (χ0n) is 17.7. The van der Waals surface area contributed by atoms with E-state index < -0.39 is 15.9 Å². The Balaban J connectivity index is 1.25. The number of rotatable bonds is 7. The van der Waals surface area contributed by atoms with Crippen molar-refractivity contribution in [3.05, 3.63) is 65.4 Å². The van der Waals surface area contributed by atoms with Crippen LogP contribution in [0.15, 0.2) is 59.6 Å². The summed E-state index contributed by atoms with van der Waals surface area (Å²) in [6, 6.07) is 12.3. The third kappa shape index (κ3) is 4.60. The van der Waals surface area contributed by atoms with Gasteiger partial charge in [0.15, 0.2) is 5.82 Å². The summed E-state index contributed by atoms with van der Waals surface area (Å²) < 4.78 is 34.2. The molecule has 0 saturated heterocycles. The Hall–Kier alpha value is -2.91. The monoisotopic (exact) mass is 486 g/mol. The SMILES string of the molecule is O=C(NS(=O)(=O)c1ccccc1)c1ccc(-n2ccc(OCC3CC4CCC3C4)n2)nc1Cl. The highest BCUT2D eigenvalue weighted by molar-refractivity contribution is 7.90. The summed E-state index contributed by atoms with van der Waals surface area (Å²) in [5.74, 6) is 2.28. The molecule has 5 rings (SSSR count). The van der Waals surface area contributed by atoms with Crippen molar-refractivity contribution in [2.45, 2.75) is 30.6 Å². The smallest absolute Gasteiger partial charge is 0.268 e. The quantitative estimate of drug-likeness (QED) is 0.509. The Morgan fingerprint density at radius 3 is 2.64 bits per heavy atom. The number of sulfonamides is 1. The van der Waals surface area contributed by atoms with Crippen LogP contribution in [0.25, 0.3) is 5.82 Å². The van der Waals surface area contributed by atoms with Gasteiger partial charge in [-0.25, -0.2) is 22.8 Å². The normalized spacial score (nSPS) is 21.8. The molecule has 2 heterocycles. The number of halogens is 1. The van der Waals surface area contributed by atoms with Crippen molar-refractivity contribution in [2.24, 2.45) is 17.8 Å². The second-order valence-electron chi connectivity index (χ2n) is 8.60. The first kappa shape index (κ1) is 21.9. The molecule has 3 atom stereocenters. The Bertz CT molecular complexity index is 1280. The molecule has 3 aromatic rings. The Morgan fingerprint density at radius 2 is 1.94 bits per heavy atom. The van der Waals surface area contributed by atoms with Crippen LogP contribution in [0, 0.1) is 17.8 Å². The predicted octanol–water partition coefficient (Wildman–Crippen LogP) is 3.85. The molecule has 10 heteroatoms. The average molecular weight is 487 g/mol. The zero-order valence-corrected chi connectivity index (χ0v) is 19.3. The minimum Gasteiger partial charge on any atom is -0.476 e. The van der Waals surface area contributed by atoms with E-state index in [0.717, 1.165) is 11.8 Å². The van der Waals surface area contributed by atoms with Crippen LogP contribution in [-0.4, -0.2) is 35.7 Å². The number of hydrogen-bond acceptors (Lipinski definition) is 6. The van der Waals surface area contributed by atoms with Gasteiger partial charge in [0.05, 0.1) is 17.1 Å². The molecule has 1 aromatic carbocycles. The Morgan fingerprint density at radius 1 is 1.12 bits per heavy atom. The third-order valence-corrected chi connectivity index (χ3v) is 8.12. The molecule has 0 spiro atoms. The number of hydrogen-bond donors (Lipinski definition) is 1. The molecule has 2 bridgehead atoms. The molecule has 3 unspecified atom stereocenters. The maximum atomic E-state index is 12.5. The van der Waals surface area contributed by atoms with Gasteiger partial charge < -0.3 is 4.74 Å².